The van der Waals surface area contributed by atoms with Gasteiger partial charge in [-0.3, -0.25) is 4.79 Å². The smallest absolute Gasteiger partial charge is 0.239 e. The Balaban J connectivity index is 0.00000242. The molecular weight excluding hydrogens is 337 g/mol. The van der Waals surface area contributed by atoms with E-state index >= 15 is 0 Å². The van der Waals surface area contributed by atoms with Gasteiger partial charge in [0.15, 0.2) is 0 Å². The van der Waals surface area contributed by atoms with Crippen molar-refractivity contribution in [1.29, 1.82) is 0 Å². The molecule has 0 aliphatic carbocycles. The van der Waals surface area contributed by atoms with E-state index in [1.165, 1.54) is 0 Å². The number of ether oxygens (including phenoxy) is 1. The molecule has 2 N–H and O–H groups in total. The van der Waals surface area contributed by atoms with Crippen LogP contribution in [0.15, 0.2) is 24.3 Å². The van der Waals surface area contributed by atoms with Crippen LogP contribution < -0.4 is 15.4 Å². The minimum atomic E-state index is -0.400. The maximum Gasteiger partial charge on any atom is 0.239 e. The zero-order valence-corrected chi connectivity index (χ0v) is 15.5. The van der Waals surface area contributed by atoms with Gasteiger partial charge in [-0.2, -0.15) is 0 Å². The summed E-state index contributed by atoms with van der Waals surface area (Å²) in [6.45, 7) is 6.98. The molecule has 5 nitrogen and oxygen atoms in total. The Kier molecular flexibility index (Phi) is 9.35. The van der Waals surface area contributed by atoms with Crippen molar-refractivity contribution < 1.29 is 9.53 Å². The molecule has 7 heteroatoms. The number of amides is 1. The van der Waals surface area contributed by atoms with Crippen LogP contribution in [-0.4, -0.2) is 50.1 Å². The average molecular weight is 364 g/mol. The van der Waals surface area contributed by atoms with Crippen molar-refractivity contribution in [1.82, 2.24) is 4.90 Å². The van der Waals surface area contributed by atoms with Crippen LogP contribution in [0.4, 0.5) is 5.69 Å². The molecule has 23 heavy (non-hydrogen) atoms. The number of para-hydroxylation sites is 2. The Morgan fingerprint density at radius 3 is 2.22 bits per heavy atom. The zero-order chi connectivity index (χ0) is 15.4. The summed E-state index contributed by atoms with van der Waals surface area (Å²) in [6.07, 6.45) is 0. The van der Waals surface area contributed by atoms with Crippen molar-refractivity contribution in [2.45, 2.75) is 19.9 Å². The molecular formula is C16H27Cl2N3O2. The van der Waals surface area contributed by atoms with Gasteiger partial charge >= 0.3 is 0 Å². The third-order valence-electron chi connectivity index (χ3n) is 4.02. The van der Waals surface area contributed by atoms with Crippen LogP contribution in [0.1, 0.15) is 13.8 Å². The van der Waals surface area contributed by atoms with E-state index in [0.29, 0.717) is 13.1 Å². The Bertz CT molecular complexity index is 492. The molecule has 1 heterocycles. The van der Waals surface area contributed by atoms with Gasteiger partial charge in [0, 0.05) is 26.2 Å². The van der Waals surface area contributed by atoms with Crippen molar-refractivity contribution in [2.75, 3.05) is 38.2 Å². The molecule has 1 amide bonds. The Morgan fingerprint density at radius 1 is 1.13 bits per heavy atom. The summed E-state index contributed by atoms with van der Waals surface area (Å²) in [5.74, 6) is 1.10. The van der Waals surface area contributed by atoms with Crippen molar-refractivity contribution in [3.05, 3.63) is 24.3 Å². The maximum absolute atomic E-state index is 12.3. The van der Waals surface area contributed by atoms with Crippen LogP contribution in [0.2, 0.25) is 0 Å². The molecule has 0 saturated carbocycles. The van der Waals surface area contributed by atoms with Crippen LogP contribution in [0.3, 0.4) is 0 Å². The fraction of sp³-hybridized carbons (Fsp3) is 0.562. The summed E-state index contributed by atoms with van der Waals surface area (Å²) in [5, 5.41) is 0. The lowest BCUT2D eigenvalue weighted by Crippen LogP contribution is -2.54. The van der Waals surface area contributed by atoms with Crippen LogP contribution in [0.25, 0.3) is 0 Å². The minimum Gasteiger partial charge on any atom is -0.495 e. The van der Waals surface area contributed by atoms with Crippen LogP contribution >= 0.6 is 24.8 Å². The third-order valence-corrected chi connectivity index (χ3v) is 4.02. The van der Waals surface area contributed by atoms with Gasteiger partial charge in [-0.25, -0.2) is 0 Å². The van der Waals surface area contributed by atoms with Crippen molar-refractivity contribution in [3.8, 4) is 5.75 Å². The molecule has 132 valence electrons. The highest BCUT2D eigenvalue weighted by Gasteiger charge is 2.27. The summed E-state index contributed by atoms with van der Waals surface area (Å²) < 4.78 is 5.40. The third kappa shape index (κ3) is 5.16. The normalized spacial score (nSPS) is 15.5. The number of benzene rings is 1. The quantitative estimate of drug-likeness (QED) is 0.890. The van der Waals surface area contributed by atoms with Gasteiger partial charge in [-0.1, -0.05) is 26.0 Å². The summed E-state index contributed by atoms with van der Waals surface area (Å²) in [6, 6.07) is 7.58. The van der Waals surface area contributed by atoms with E-state index < -0.39 is 6.04 Å². The van der Waals surface area contributed by atoms with Gasteiger partial charge in [0.05, 0.1) is 18.8 Å². The first kappa shape index (κ1) is 21.8. The largest absolute Gasteiger partial charge is 0.495 e. The second-order valence-corrected chi connectivity index (χ2v) is 5.75. The highest BCUT2D eigenvalue weighted by Crippen LogP contribution is 2.28. The highest BCUT2D eigenvalue weighted by atomic mass is 35.5. The van der Waals surface area contributed by atoms with Gasteiger partial charge in [0.2, 0.25) is 5.91 Å². The number of hydrogen-bond donors (Lipinski definition) is 1. The Hall–Kier alpha value is -1.17. The minimum absolute atomic E-state index is 0. The molecule has 1 aromatic rings. The molecule has 0 radical (unpaired) electrons. The van der Waals surface area contributed by atoms with E-state index in [9.17, 15) is 4.79 Å². The molecule has 1 fully saturated rings. The Morgan fingerprint density at radius 2 is 1.70 bits per heavy atom. The molecule has 2 rings (SSSR count). The second kappa shape index (κ2) is 9.85. The van der Waals surface area contributed by atoms with Crippen molar-refractivity contribution in [3.63, 3.8) is 0 Å². The number of hydrogen-bond acceptors (Lipinski definition) is 4. The first-order chi connectivity index (χ1) is 10.0. The molecule has 1 aromatic carbocycles. The molecule has 0 spiro atoms. The fourth-order valence-corrected chi connectivity index (χ4v) is 2.55. The van der Waals surface area contributed by atoms with Crippen molar-refractivity contribution >= 4 is 36.4 Å². The molecule has 0 bridgehead atoms. The SMILES string of the molecule is COc1ccccc1N1CCN(C(=O)[C@H](N)C(C)C)CC1.Cl.Cl. The lowest BCUT2D eigenvalue weighted by molar-refractivity contribution is -0.133. The number of anilines is 1. The second-order valence-electron chi connectivity index (χ2n) is 5.75. The van der Waals surface area contributed by atoms with Gasteiger partial charge in [0.25, 0.3) is 0 Å². The maximum atomic E-state index is 12.3. The van der Waals surface area contributed by atoms with E-state index in [2.05, 4.69) is 11.0 Å². The highest BCUT2D eigenvalue weighted by molar-refractivity contribution is 5.85. The van der Waals surface area contributed by atoms with Gasteiger partial charge in [-0.05, 0) is 18.1 Å². The van der Waals surface area contributed by atoms with E-state index in [1.807, 2.05) is 36.9 Å². The number of piperazine rings is 1. The summed E-state index contributed by atoms with van der Waals surface area (Å²) in [7, 11) is 1.68. The van der Waals surface area contributed by atoms with E-state index in [-0.39, 0.29) is 36.6 Å². The number of nitrogens with two attached hydrogens (primary N) is 1. The van der Waals surface area contributed by atoms with Crippen molar-refractivity contribution in [2.24, 2.45) is 11.7 Å². The van der Waals surface area contributed by atoms with Gasteiger partial charge in [0.1, 0.15) is 5.75 Å². The zero-order valence-electron chi connectivity index (χ0n) is 13.9. The van der Waals surface area contributed by atoms with Crippen LogP contribution in [0.5, 0.6) is 5.75 Å². The monoisotopic (exact) mass is 363 g/mol. The lowest BCUT2D eigenvalue weighted by atomic mass is 10.0. The van der Waals surface area contributed by atoms with Crippen LogP contribution in [0, 0.1) is 5.92 Å². The predicted octanol–water partition coefficient (Wildman–Crippen LogP) is 2.17. The number of carbonyl (C=O) groups excluding carboxylic acids is 1. The van der Waals surface area contributed by atoms with E-state index in [0.717, 1.165) is 24.5 Å². The number of rotatable bonds is 4. The van der Waals surface area contributed by atoms with Gasteiger partial charge < -0.3 is 20.3 Å². The summed E-state index contributed by atoms with van der Waals surface area (Å²) in [4.78, 5) is 16.4. The van der Waals surface area contributed by atoms with Crippen LogP contribution in [-0.2, 0) is 4.79 Å². The summed E-state index contributed by atoms with van der Waals surface area (Å²) in [5.41, 5.74) is 7.04. The molecule has 1 aliphatic heterocycles. The van der Waals surface area contributed by atoms with E-state index in [1.54, 1.807) is 7.11 Å². The molecule has 1 saturated heterocycles. The topological polar surface area (TPSA) is 58.8 Å². The Labute approximate surface area is 151 Å². The van der Waals surface area contributed by atoms with E-state index in [4.69, 9.17) is 10.5 Å². The lowest BCUT2D eigenvalue weighted by Gasteiger charge is -2.38. The van der Waals surface area contributed by atoms with Gasteiger partial charge in [-0.15, -0.1) is 24.8 Å². The summed E-state index contributed by atoms with van der Waals surface area (Å²) >= 11 is 0. The number of carbonyl (C=O) groups is 1. The average Bonchev–Trinajstić information content (AvgIpc) is 2.53. The standard InChI is InChI=1S/C16H25N3O2.2ClH/c1-12(2)15(17)16(20)19-10-8-18(9-11-19)13-6-4-5-7-14(13)21-3;;/h4-7,12,15H,8-11,17H2,1-3H3;2*1H/t15-;;/m1../s1. The molecule has 1 atom stereocenters. The predicted molar refractivity (Wildman–Crippen MR) is 99.1 cm³/mol. The fourth-order valence-electron chi connectivity index (χ4n) is 2.55. The first-order valence-corrected chi connectivity index (χ1v) is 7.47. The molecule has 1 aliphatic rings. The molecule has 0 unspecified atom stereocenters. The number of nitrogens with zero attached hydrogens (tertiary/aromatic N) is 2. The first-order valence-electron chi connectivity index (χ1n) is 7.47. The number of halogens is 2. The molecule has 0 aromatic heterocycles. The number of methoxy groups -OCH3 is 1.